The number of carboxylic acid groups (broad SMARTS) is 1. The Bertz CT molecular complexity index is 1520. The topological polar surface area (TPSA) is 142 Å². The Labute approximate surface area is 231 Å². The molecule has 0 bridgehead atoms. The van der Waals surface area contributed by atoms with Crippen molar-refractivity contribution >= 4 is 45.2 Å². The van der Waals surface area contributed by atoms with Crippen molar-refractivity contribution in [3.8, 4) is 0 Å². The fourth-order valence-electron chi connectivity index (χ4n) is 5.45. The molecule has 0 unspecified atom stereocenters. The summed E-state index contributed by atoms with van der Waals surface area (Å²) in [6, 6.07) is 9.78. The summed E-state index contributed by atoms with van der Waals surface area (Å²) in [6.45, 7) is 10.3. The average molecular weight is 574 g/mol. The third-order valence-corrected chi connectivity index (χ3v) is 8.69. The molecule has 0 amide bonds. The normalized spacial score (nSPS) is 18.7. The zero-order chi connectivity index (χ0) is 28.8. The van der Waals surface area contributed by atoms with E-state index in [1.807, 2.05) is 57.2 Å². The lowest BCUT2D eigenvalue weighted by atomic mass is 9.81. The highest BCUT2D eigenvalue weighted by Crippen LogP contribution is 2.49. The van der Waals surface area contributed by atoms with Crippen LogP contribution in [0.1, 0.15) is 45.7 Å². The van der Waals surface area contributed by atoms with Crippen molar-refractivity contribution in [2.75, 3.05) is 18.0 Å². The molecular formula is C27H29N2O8S2-. The van der Waals surface area contributed by atoms with Crippen LogP contribution in [0.25, 0.3) is 0 Å². The minimum absolute atomic E-state index is 0.330. The first kappa shape index (κ1) is 29.0. The van der Waals surface area contributed by atoms with Crippen LogP contribution in [0.5, 0.6) is 0 Å². The van der Waals surface area contributed by atoms with Gasteiger partial charge in [0, 0.05) is 45.9 Å². The van der Waals surface area contributed by atoms with Gasteiger partial charge in [-0.3, -0.25) is 5.04 Å². The maximum atomic E-state index is 11.7. The van der Waals surface area contributed by atoms with Gasteiger partial charge in [0.05, 0.1) is 22.4 Å². The molecule has 0 saturated heterocycles. The molecule has 208 valence electrons. The number of anilines is 1. The molecule has 0 saturated carbocycles. The summed E-state index contributed by atoms with van der Waals surface area (Å²) in [5.74, 6) is -1.05. The monoisotopic (exact) mass is 573 g/mol. The van der Waals surface area contributed by atoms with E-state index in [0.717, 1.165) is 33.9 Å². The second kappa shape index (κ2) is 10.5. The summed E-state index contributed by atoms with van der Waals surface area (Å²) in [6.07, 6.45) is 5.67. The number of fused-ring (bicyclic) bond motifs is 2. The summed E-state index contributed by atoms with van der Waals surface area (Å²) < 4.78 is 41.1. The molecule has 12 heteroatoms. The molecule has 0 aromatic heterocycles. The highest BCUT2D eigenvalue weighted by atomic mass is 32.2. The Morgan fingerprint density at radius 1 is 1.13 bits per heavy atom. The molecule has 4 rings (SSSR count). The number of carboxylic acids is 1. The number of likely N-dealkylation sites (N-methyl/N-ethyl adjacent to an activating group) is 1. The van der Waals surface area contributed by atoms with E-state index in [1.165, 1.54) is 18.2 Å². The predicted molar refractivity (Wildman–Crippen MR) is 143 cm³/mol. The molecule has 0 spiro atoms. The van der Waals surface area contributed by atoms with Gasteiger partial charge in [0.25, 0.3) is 0 Å². The van der Waals surface area contributed by atoms with E-state index in [9.17, 15) is 28.1 Å². The van der Waals surface area contributed by atoms with Crippen LogP contribution < -0.4 is 10.2 Å². The smallest absolute Gasteiger partial charge is 0.370 e. The number of allylic oxidation sites excluding steroid dienone is 4. The van der Waals surface area contributed by atoms with Crippen LogP contribution in [0.15, 0.2) is 70.1 Å². The van der Waals surface area contributed by atoms with Gasteiger partial charge in [0.1, 0.15) is 10.1 Å². The third kappa shape index (κ3) is 5.28. The Hall–Kier alpha value is -3.00. The van der Waals surface area contributed by atoms with Crippen molar-refractivity contribution < 1.29 is 42.1 Å². The number of carbonyl (C=O) groups is 1. The van der Waals surface area contributed by atoms with Crippen molar-refractivity contribution in [2.45, 2.75) is 55.2 Å². The highest BCUT2D eigenvalue weighted by Gasteiger charge is 2.45. The zero-order valence-electron chi connectivity index (χ0n) is 22.1. The van der Waals surface area contributed by atoms with Crippen molar-refractivity contribution in [3.63, 3.8) is 0 Å². The number of rotatable bonds is 9. The molecule has 2 aromatic carbocycles. The van der Waals surface area contributed by atoms with E-state index in [1.54, 1.807) is 4.58 Å². The number of benzene rings is 2. The summed E-state index contributed by atoms with van der Waals surface area (Å²) in [7, 11) is -4.68. The van der Waals surface area contributed by atoms with Crippen LogP contribution in [0.3, 0.4) is 0 Å². The molecule has 2 heterocycles. The Morgan fingerprint density at radius 3 is 2.46 bits per heavy atom. The second-order valence-electron chi connectivity index (χ2n) is 10.3. The van der Waals surface area contributed by atoms with Gasteiger partial charge < -0.3 is 19.8 Å². The molecule has 0 fully saturated rings. The van der Waals surface area contributed by atoms with E-state index in [2.05, 4.69) is 28.1 Å². The van der Waals surface area contributed by atoms with E-state index in [-0.39, 0.29) is 11.4 Å². The lowest BCUT2D eigenvalue weighted by molar-refractivity contribution is -0.777. The Balaban J connectivity index is 1.76. The molecule has 2 aliphatic rings. The summed E-state index contributed by atoms with van der Waals surface area (Å²) in [5.41, 5.74) is 3.67. The van der Waals surface area contributed by atoms with Gasteiger partial charge in [-0.1, -0.05) is 19.9 Å². The first-order valence-electron chi connectivity index (χ1n) is 12.1. The van der Waals surface area contributed by atoms with Crippen LogP contribution in [0.2, 0.25) is 0 Å². The first-order chi connectivity index (χ1) is 18.2. The summed E-state index contributed by atoms with van der Waals surface area (Å²) >= 11 is 0.832. The van der Waals surface area contributed by atoms with E-state index in [4.69, 9.17) is 0 Å². The SMILES string of the molecule is CCN1/C(=C/C=C/C2=[N+](CC(=O)O)c3ccc(S(=O)(=O)[O-])cc3C2(C)C)C(C)(C)c2cc(SOO[O-])ccc21. The highest BCUT2D eigenvalue weighted by molar-refractivity contribution is 7.94. The lowest BCUT2D eigenvalue weighted by Crippen LogP contribution is -2.29. The molecule has 1 N–H and O–H groups in total. The number of nitrogens with zero attached hydrogens (tertiary/aromatic N) is 2. The van der Waals surface area contributed by atoms with Gasteiger partial charge in [0.2, 0.25) is 12.2 Å². The van der Waals surface area contributed by atoms with Crippen molar-refractivity contribution in [2.24, 2.45) is 0 Å². The van der Waals surface area contributed by atoms with E-state index >= 15 is 0 Å². The van der Waals surface area contributed by atoms with Crippen molar-refractivity contribution in [3.05, 3.63) is 71.5 Å². The predicted octanol–water partition coefficient (Wildman–Crippen LogP) is 3.54. The molecule has 39 heavy (non-hydrogen) atoms. The molecule has 2 aliphatic heterocycles. The van der Waals surface area contributed by atoms with Crippen LogP contribution in [-0.2, 0) is 35.1 Å². The zero-order valence-corrected chi connectivity index (χ0v) is 23.8. The summed E-state index contributed by atoms with van der Waals surface area (Å²) in [5, 5.41) is 23.3. The first-order valence-corrected chi connectivity index (χ1v) is 14.3. The number of aliphatic carboxylic acids is 1. The number of hydrogen-bond acceptors (Lipinski definition) is 9. The van der Waals surface area contributed by atoms with E-state index < -0.39 is 26.9 Å². The quantitative estimate of drug-likeness (QED) is 0.156. The largest absolute Gasteiger partial charge is 0.744 e. The van der Waals surface area contributed by atoms with E-state index in [0.29, 0.717) is 23.5 Å². The van der Waals surface area contributed by atoms with Gasteiger partial charge >= 0.3 is 5.97 Å². The molecule has 0 aliphatic carbocycles. The average Bonchev–Trinajstić information content (AvgIpc) is 3.20. The number of hydrogen-bond donors (Lipinski definition) is 1. The minimum Gasteiger partial charge on any atom is -0.744 e. The van der Waals surface area contributed by atoms with Crippen LogP contribution in [0.4, 0.5) is 11.4 Å². The minimum atomic E-state index is -4.68. The van der Waals surface area contributed by atoms with Crippen LogP contribution in [-0.4, -0.2) is 47.4 Å². The Kier molecular flexibility index (Phi) is 7.83. The Morgan fingerprint density at radius 2 is 1.85 bits per heavy atom. The standard InChI is InChI=1S/C27H30N2O8S2/c1-6-28-21-12-10-17(38-37-36-32)14-19(21)26(2,3)23(28)8-7-9-24-27(4,5)20-15-18(39(33,34)35)11-13-22(20)29(24)16-25(30)31/h7-15H,6,16H2,1-5H3,(H2-,30,31,32,33,34,35)/p-1. The maximum absolute atomic E-state index is 11.7. The van der Waals surface area contributed by atoms with Gasteiger partial charge in [-0.2, -0.15) is 8.91 Å². The fourth-order valence-corrected chi connectivity index (χ4v) is 6.34. The maximum Gasteiger partial charge on any atom is 0.370 e. The van der Waals surface area contributed by atoms with Gasteiger partial charge in [0.15, 0.2) is 5.71 Å². The molecule has 0 radical (unpaired) electrons. The van der Waals surface area contributed by atoms with Crippen LogP contribution in [0, 0.1) is 0 Å². The van der Waals surface area contributed by atoms with Crippen LogP contribution >= 0.6 is 12.0 Å². The summed E-state index contributed by atoms with van der Waals surface area (Å²) in [4.78, 5) is 14.3. The fraction of sp³-hybridized carbons (Fsp3) is 0.333. The molecule has 2 aromatic rings. The molecular weight excluding hydrogens is 544 g/mol. The van der Waals surface area contributed by atoms with Gasteiger partial charge in [-0.25, -0.2) is 13.2 Å². The van der Waals surface area contributed by atoms with Crippen molar-refractivity contribution in [1.29, 1.82) is 0 Å². The van der Waals surface area contributed by atoms with Crippen molar-refractivity contribution in [1.82, 2.24) is 0 Å². The third-order valence-electron chi connectivity index (χ3n) is 7.29. The lowest BCUT2D eigenvalue weighted by Gasteiger charge is -2.25. The second-order valence-corrected chi connectivity index (χ2v) is 12.5. The molecule has 10 nitrogen and oxygen atoms in total. The van der Waals surface area contributed by atoms with Gasteiger partial charge in [-0.05, 0) is 62.7 Å². The molecule has 0 atom stereocenters. The van der Waals surface area contributed by atoms with Gasteiger partial charge in [-0.15, -0.1) is 0 Å².